The molecule has 0 bridgehead atoms. The number of aromatic amines is 1. The van der Waals surface area contributed by atoms with Gasteiger partial charge in [-0.15, -0.1) is 0 Å². The van der Waals surface area contributed by atoms with Gasteiger partial charge in [0.25, 0.3) is 5.56 Å². The van der Waals surface area contributed by atoms with Crippen LogP contribution in [0.4, 0.5) is 4.39 Å². The molecule has 15 heteroatoms. The second-order valence-electron chi connectivity index (χ2n) is 8.66. The third-order valence-electron chi connectivity index (χ3n) is 5.39. The van der Waals surface area contributed by atoms with E-state index in [4.69, 9.17) is 30.4 Å². The highest BCUT2D eigenvalue weighted by Gasteiger charge is 2.56. The summed E-state index contributed by atoms with van der Waals surface area (Å²) in [6.07, 6.45) is -4.26. The van der Waals surface area contributed by atoms with Crippen LogP contribution in [-0.2, 0) is 23.7 Å². The molecular weight excluding hydrogens is 536 g/mol. The van der Waals surface area contributed by atoms with Gasteiger partial charge in [0.2, 0.25) is 5.75 Å². The number of alkyl halides is 1. The summed E-state index contributed by atoms with van der Waals surface area (Å²) in [5.74, 6) is -0.740. The largest absolute Gasteiger partial charge is 0.693 e. The van der Waals surface area contributed by atoms with Crippen molar-refractivity contribution in [2.75, 3.05) is 6.61 Å². The number of aliphatic hydroxyl groups is 1. The Morgan fingerprint density at radius 2 is 2.00 bits per heavy atom. The Labute approximate surface area is 216 Å². The lowest BCUT2D eigenvalue weighted by molar-refractivity contribution is -0.183. The fourth-order valence-corrected chi connectivity index (χ4v) is 4.65. The molecule has 202 valence electrons. The molecule has 0 saturated carbocycles. The maximum atomic E-state index is 15.5. The molecule has 3 rings (SSSR count). The highest BCUT2D eigenvalue weighted by molar-refractivity contribution is 7.36. The Morgan fingerprint density at radius 1 is 1.32 bits per heavy atom. The fraction of sp³-hybridized carbons (Fsp3) is 0.500. The number of hydrogen-bond donors (Lipinski definition) is 2. The number of carbonyl (C=O) groups is 1. The number of carbonyl (C=O) groups excluding carboxylic acids is 1. The summed E-state index contributed by atoms with van der Waals surface area (Å²) in [5.41, 5.74) is -4.13. The van der Waals surface area contributed by atoms with Crippen LogP contribution in [0, 0.1) is 0 Å². The van der Waals surface area contributed by atoms with Crippen LogP contribution in [0.3, 0.4) is 0 Å². The second kappa shape index (κ2) is 11.8. The van der Waals surface area contributed by atoms with Crippen LogP contribution < -0.4 is 15.8 Å². The Morgan fingerprint density at radius 3 is 2.62 bits per heavy atom. The van der Waals surface area contributed by atoms with E-state index in [1.807, 2.05) is 4.98 Å². The molecule has 1 aliphatic heterocycles. The zero-order valence-corrected chi connectivity index (χ0v) is 22.0. The molecule has 0 spiro atoms. The Kier molecular flexibility index (Phi) is 9.22. The van der Waals surface area contributed by atoms with Crippen LogP contribution in [0.2, 0.25) is 5.02 Å². The number of esters is 1. The summed E-state index contributed by atoms with van der Waals surface area (Å²) in [6.45, 7) is 5.02. The van der Waals surface area contributed by atoms with E-state index in [0.29, 0.717) is 4.83 Å². The predicted molar refractivity (Wildman–Crippen MR) is 129 cm³/mol. The molecule has 6 atom stereocenters. The quantitative estimate of drug-likeness (QED) is 0.251. The minimum absolute atomic E-state index is 0.0503. The summed E-state index contributed by atoms with van der Waals surface area (Å²) in [6, 6.07) is 5.92. The zero-order chi connectivity index (χ0) is 27.5. The zero-order valence-electron chi connectivity index (χ0n) is 20.4. The molecule has 2 aromatic rings. The lowest BCUT2D eigenvalue weighted by Crippen LogP contribution is -2.44. The molecule has 2 unspecified atom stereocenters. The predicted octanol–water partition coefficient (Wildman–Crippen LogP) is 2.49. The average Bonchev–Trinajstić information content (AvgIpc) is 3.03. The topological polar surface area (TPSA) is 149 Å². The van der Waals surface area contributed by atoms with Crippen LogP contribution in [-0.4, -0.2) is 62.1 Å². The lowest BCUT2D eigenvalue weighted by Gasteiger charge is -2.24. The Balaban J connectivity index is 1.81. The molecular formula is C22H27ClFN3O9P+. The Bertz CT molecular complexity index is 1250. The van der Waals surface area contributed by atoms with Crippen LogP contribution in [0.25, 0.3) is 0 Å². The first kappa shape index (κ1) is 28.9. The monoisotopic (exact) mass is 562 g/mol. The summed E-state index contributed by atoms with van der Waals surface area (Å²) in [4.78, 5) is 44.3. The van der Waals surface area contributed by atoms with Gasteiger partial charge in [-0.05, 0) is 39.8 Å². The maximum absolute atomic E-state index is 15.5. The maximum Gasteiger partial charge on any atom is 0.693 e. The van der Waals surface area contributed by atoms with E-state index >= 15 is 4.39 Å². The third kappa shape index (κ3) is 6.61. The van der Waals surface area contributed by atoms with Crippen molar-refractivity contribution in [3.63, 3.8) is 0 Å². The number of hydrogen-bond acceptors (Lipinski definition) is 9. The summed E-state index contributed by atoms with van der Waals surface area (Å²) in [7, 11) is -2.91. The first-order valence-corrected chi connectivity index (χ1v) is 12.7. The van der Waals surface area contributed by atoms with E-state index in [0.717, 1.165) is 23.8 Å². The molecule has 0 amide bonds. The number of aromatic nitrogens is 2. The highest BCUT2D eigenvalue weighted by atomic mass is 35.5. The third-order valence-corrected chi connectivity index (χ3v) is 6.84. The van der Waals surface area contributed by atoms with Crippen molar-refractivity contribution in [2.24, 2.45) is 0 Å². The van der Waals surface area contributed by atoms with Gasteiger partial charge in [-0.3, -0.25) is 24.0 Å². The van der Waals surface area contributed by atoms with Gasteiger partial charge in [-0.1, -0.05) is 23.7 Å². The normalized spacial score (nSPS) is 24.8. The van der Waals surface area contributed by atoms with Crippen LogP contribution >= 0.6 is 19.8 Å². The minimum atomic E-state index is -2.91. The van der Waals surface area contributed by atoms with Gasteiger partial charge < -0.3 is 14.6 Å². The van der Waals surface area contributed by atoms with E-state index in [-0.39, 0.29) is 10.8 Å². The first-order chi connectivity index (χ1) is 17.3. The van der Waals surface area contributed by atoms with Crippen molar-refractivity contribution < 1.29 is 37.7 Å². The molecule has 2 heterocycles. The van der Waals surface area contributed by atoms with Crippen molar-refractivity contribution in [3.8, 4) is 5.75 Å². The number of ether oxygens (including phenoxy) is 2. The van der Waals surface area contributed by atoms with Crippen molar-refractivity contribution in [1.82, 2.24) is 14.4 Å². The number of hydroxylamine groups is 1. The summed E-state index contributed by atoms with van der Waals surface area (Å²) >= 11 is 6.06. The number of nitrogens with zero attached hydrogens (tertiary/aromatic N) is 2. The number of aliphatic hydroxyl groups excluding tert-OH is 1. The van der Waals surface area contributed by atoms with Crippen LogP contribution in [0.15, 0.2) is 46.1 Å². The molecule has 1 aliphatic rings. The van der Waals surface area contributed by atoms with E-state index in [9.17, 15) is 24.1 Å². The molecule has 12 nitrogen and oxygen atoms in total. The molecule has 2 N–H and O–H groups in total. The fourth-order valence-electron chi connectivity index (χ4n) is 3.48. The highest BCUT2D eigenvalue weighted by Crippen LogP contribution is 2.42. The van der Waals surface area contributed by atoms with E-state index < -0.39 is 68.3 Å². The van der Waals surface area contributed by atoms with Crippen molar-refractivity contribution in [1.29, 1.82) is 0 Å². The average molecular weight is 563 g/mol. The summed E-state index contributed by atoms with van der Waals surface area (Å²) in [5, 5.41) is 10.7. The molecule has 1 fully saturated rings. The molecule has 1 aromatic heterocycles. The number of para-hydroxylation sites is 1. The number of halogens is 2. The van der Waals surface area contributed by atoms with Crippen LogP contribution in [0.1, 0.15) is 33.9 Å². The molecule has 0 aliphatic carbocycles. The van der Waals surface area contributed by atoms with Crippen molar-refractivity contribution >= 4 is 25.7 Å². The standard InChI is InChI=1S/C22H26ClFN3O9P/c1-12(2)34-19(30)13(3)27(37(32)36-15-8-6-5-7-14(15)23)33-11-16-18(29)22(4,24)20(35-16)26-10-9-17(28)25-21(26)31/h5-10,12-13,16,18,20,29H,11H2,1-4H3/p+1/t13?,16-,18-,20-,22-/m1/s1. The van der Waals surface area contributed by atoms with E-state index in [2.05, 4.69) is 0 Å². The van der Waals surface area contributed by atoms with Crippen LogP contribution in [0.5, 0.6) is 5.75 Å². The molecule has 1 aromatic carbocycles. The smallest absolute Gasteiger partial charge is 0.462 e. The minimum Gasteiger partial charge on any atom is -0.462 e. The van der Waals surface area contributed by atoms with Gasteiger partial charge >= 0.3 is 19.8 Å². The second-order valence-corrected chi connectivity index (χ2v) is 10.1. The molecule has 37 heavy (non-hydrogen) atoms. The van der Waals surface area contributed by atoms with Crippen molar-refractivity contribution in [2.45, 2.75) is 63.9 Å². The first-order valence-electron chi connectivity index (χ1n) is 11.2. The van der Waals surface area contributed by atoms with Gasteiger partial charge in [0.05, 0.1) is 16.0 Å². The SMILES string of the molecule is CC(C)OC(=O)C(C)N(OC[C@H]1O[C@@H](n2ccc(=O)[nH]c2=O)[C@](C)(F)[C@@H]1O)[P+](=O)Oc1ccccc1Cl. The van der Waals surface area contributed by atoms with Gasteiger partial charge in [0, 0.05) is 16.8 Å². The number of rotatable bonds is 10. The Hall–Kier alpha value is -2.67. The number of nitrogens with one attached hydrogen (secondary N) is 1. The number of H-pyrrole nitrogens is 1. The van der Waals surface area contributed by atoms with Gasteiger partial charge in [0.15, 0.2) is 17.9 Å². The number of benzene rings is 1. The van der Waals surface area contributed by atoms with Gasteiger partial charge in [0.1, 0.15) is 18.8 Å². The van der Waals surface area contributed by atoms with Crippen molar-refractivity contribution in [3.05, 3.63) is 62.4 Å². The lowest BCUT2D eigenvalue weighted by atomic mass is 9.98. The van der Waals surface area contributed by atoms with E-state index in [1.165, 1.54) is 19.1 Å². The summed E-state index contributed by atoms with van der Waals surface area (Å²) < 4.78 is 45.4. The molecule has 1 saturated heterocycles. The van der Waals surface area contributed by atoms with Gasteiger partial charge in [-0.2, -0.15) is 0 Å². The van der Waals surface area contributed by atoms with E-state index in [1.54, 1.807) is 26.0 Å². The van der Waals surface area contributed by atoms with Gasteiger partial charge in [-0.25, -0.2) is 13.7 Å². The molecule has 0 radical (unpaired) electrons.